The molecule has 0 fully saturated rings. The number of hydrogen-bond donors (Lipinski definition) is 2. The minimum atomic E-state index is -1.29. The zero-order valence-corrected chi connectivity index (χ0v) is 13.2. The van der Waals surface area contributed by atoms with Gasteiger partial charge in [-0.15, -0.1) is 0 Å². The van der Waals surface area contributed by atoms with Crippen LogP contribution < -0.4 is 0 Å². The number of hydrogen-bond acceptors (Lipinski definition) is 4. The predicted molar refractivity (Wildman–Crippen MR) is 95.2 cm³/mol. The van der Waals surface area contributed by atoms with Gasteiger partial charge in [-0.1, -0.05) is 30.3 Å². The molecule has 4 aromatic rings. The Labute approximate surface area is 144 Å². The van der Waals surface area contributed by atoms with Crippen LogP contribution in [0.3, 0.4) is 0 Å². The summed E-state index contributed by atoms with van der Waals surface area (Å²) in [5.74, 6) is 0.226. The first-order valence-electron chi connectivity index (χ1n) is 8.05. The molecule has 0 spiro atoms. The zero-order valence-electron chi connectivity index (χ0n) is 13.2. The molecule has 0 saturated carbocycles. The van der Waals surface area contributed by atoms with E-state index in [-0.39, 0.29) is 5.75 Å². The molecular weight excluding hydrogens is 312 g/mol. The molecule has 2 heterocycles. The van der Waals surface area contributed by atoms with Crippen molar-refractivity contribution in [2.75, 3.05) is 0 Å². The van der Waals surface area contributed by atoms with Gasteiger partial charge in [0.25, 0.3) is 0 Å². The Kier molecular flexibility index (Phi) is 2.76. The standard InChI is InChI=1S/C21H14N2O2/c24-16-8-6-13-11-15(7-5-14(13)12-16)21(25)17-3-1-9-22-19(17)20-18(21)4-2-10-23-20/h1-12,24-25H. The van der Waals surface area contributed by atoms with Gasteiger partial charge in [0.1, 0.15) is 11.4 Å². The van der Waals surface area contributed by atoms with Crippen molar-refractivity contribution in [3.05, 3.63) is 89.7 Å². The maximum absolute atomic E-state index is 11.8. The first-order valence-corrected chi connectivity index (χ1v) is 8.05. The lowest BCUT2D eigenvalue weighted by atomic mass is 9.84. The Morgan fingerprint density at radius 1 is 0.720 bits per heavy atom. The smallest absolute Gasteiger partial charge is 0.144 e. The molecule has 0 aliphatic heterocycles. The van der Waals surface area contributed by atoms with Crippen molar-refractivity contribution >= 4 is 10.8 Å². The molecule has 4 nitrogen and oxygen atoms in total. The Bertz CT molecular complexity index is 1090. The second-order valence-corrected chi connectivity index (χ2v) is 6.26. The highest BCUT2D eigenvalue weighted by atomic mass is 16.3. The van der Waals surface area contributed by atoms with Crippen LogP contribution in [0.5, 0.6) is 5.75 Å². The van der Waals surface area contributed by atoms with E-state index in [0.29, 0.717) is 11.4 Å². The summed E-state index contributed by atoms with van der Waals surface area (Å²) in [5.41, 5.74) is 2.37. The number of pyridine rings is 2. The van der Waals surface area contributed by atoms with E-state index in [0.717, 1.165) is 27.5 Å². The molecule has 0 saturated heterocycles. The maximum atomic E-state index is 11.8. The summed E-state index contributed by atoms with van der Waals surface area (Å²) < 4.78 is 0. The first kappa shape index (κ1) is 14.1. The Morgan fingerprint density at radius 3 is 2.00 bits per heavy atom. The molecule has 1 aliphatic carbocycles. The SMILES string of the molecule is Oc1ccc2cc(C3(O)c4cccnc4-c4ncccc43)ccc2c1. The summed E-state index contributed by atoms with van der Waals surface area (Å²) in [6.07, 6.45) is 3.43. The number of aromatic hydroxyl groups is 1. The van der Waals surface area contributed by atoms with Gasteiger partial charge in [-0.2, -0.15) is 0 Å². The van der Waals surface area contributed by atoms with Gasteiger partial charge in [-0.05, 0) is 46.7 Å². The molecule has 0 unspecified atom stereocenters. The van der Waals surface area contributed by atoms with Crippen molar-refractivity contribution in [2.45, 2.75) is 5.60 Å². The Morgan fingerprint density at radius 2 is 1.32 bits per heavy atom. The van der Waals surface area contributed by atoms with Gasteiger partial charge < -0.3 is 10.2 Å². The average Bonchev–Trinajstić information content (AvgIpc) is 2.92. The number of fused-ring (bicyclic) bond motifs is 4. The van der Waals surface area contributed by atoms with Crippen LogP contribution in [-0.4, -0.2) is 20.2 Å². The molecule has 120 valence electrons. The van der Waals surface area contributed by atoms with E-state index in [1.54, 1.807) is 24.5 Å². The summed E-state index contributed by atoms with van der Waals surface area (Å²) in [5, 5.41) is 23.3. The van der Waals surface area contributed by atoms with E-state index in [9.17, 15) is 10.2 Å². The number of benzene rings is 2. The molecule has 0 atom stereocenters. The summed E-state index contributed by atoms with van der Waals surface area (Å²) in [4.78, 5) is 8.88. The molecule has 2 aromatic carbocycles. The number of nitrogens with zero attached hydrogens (tertiary/aromatic N) is 2. The largest absolute Gasteiger partial charge is 0.508 e. The fourth-order valence-corrected chi connectivity index (χ4v) is 3.69. The van der Waals surface area contributed by atoms with Gasteiger partial charge in [-0.3, -0.25) is 9.97 Å². The number of phenols is 1. The van der Waals surface area contributed by atoms with Crippen molar-refractivity contribution < 1.29 is 10.2 Å². The molecular formula is C21H14N2O2. The van der Waals surface area contributed by atoms with Gasteiger partial charge in [0, 0.05) is 23.5 Å². The molecule has 0 radical (unpaired) electrons. The third-order valence-electron chi connectivity index (χ3n) is 4.86. The van der Waals surface area contributed by atoms with Crippen LogP contribution in [0, 0.1) is 0 Å². The average molecular weight is 326 g/mol. The highest BCUT2D eigenvalue weighted by Crippen LogP contribution is 2.49. The number of aromatic nitrogens is 2. The first-order chi connectivity index (χ1) is 12.2. The predicted octanol–water partition coefficient (Wildman–Crippen LogP) is 3.60. The molecule has 5 rings (SSSR count). The topological polar surface area (TPSA) is 66.2 Å². The van der Waals surface area contributed by atoms with Crippen LogP contribution in [0.2, 0.25) is 0 Å². The normalized spacial score (nSPS) is 14.3. The highest BCUT2D eigenvalue weighted by molar-refractivity contribution is 5.86. The van der Waals surface area contributed by atoms with Gasteiger partial charge in [0.2, 0.25) is 0 Å². The quantitative estimate of drug-likeness (QED) is 0.561. The van der Waals surface area contributed by atoms with E-state index in [4.69, 9.17) is 0 Å². The molecule has 1 aliphatic rings. The third kappa shape index (κ3) is 1.85. The zero-order chi connectivity index (χ0) is 17.0. The molecule has 0 amide bonds. The molecule has 2 N–H and O–H groups in total. The van der Waals surface area contributed by atoms with Crippen LogP contribution in [0.15, 0.2) is 73.1 Å². The van der Waals surface area contributed by atoms with Crippen LogP contribution >= 0.6 is 0 Å². The summed E-state index contributed by atoms with van der Waals surface area (Å²) >= 11 is 0. The fourth-order valence-electron chi connectivity index (χ4n) is 3.69. The van der Waals surface area contributed by atoms with Crippen molar-refractivity contribution in [3.63, 3.8) is 0 Å². The van der Waals surface area contributed by atoms with E-state index in [1.165, 1.54) is 0 Å². The Balaban J connectivity index is 1.82. The monoisotopic (exact) mass is 326 g/mol. The van der Waals surface area contributed by atoms with E-state index in [2.05, 4.69) is 9.97 Å². The molecule has 2 aromatic heterocycles. The second-order valence-electron chi connectivity index (χ2n) is 6.26. The molecule has 25 heavy (non-hydrogen) atoms. The summed E-state index contributed by atoms with van der Waals surface area (Å²) in [6, 6.07) is 18.4. The second kappa shape index (κ2) is 4.88. The maximum Gasteiger partial charge on any atom is 0.144 e. The Hall–Kier alpha value is -3.24. The minimum Gasteiger partial charge on any atom is -0.508 e. The van der Waals surface area contributed by atoms with Crippen molar-refractivity contribution in [2.24, 2.45) is 0 Å². The van der Waals surface area contributed by atoms with Gasteiger partial charge in [0.05, 0.1) is 11.4 Å². The van der Waals surface area contributed by atoms with E-state index in [1.807, 2.05) is 48.5 Å². The van der Waals surface area contributed by atoms with E-state index < -0.39 is 5.60 Å². The number of aliphatic hydroxyl groups is 1. The van der Waals surface area contributed by atoms with Crippen LogP contribution in [0.25, 0.3) is 22.2 Å². The van der Waals surface area contributed by atoms with Crippen LogP contribution in [0.1, 0.15) is 16.7 Å². The fraction of sp³-hybridized carbons (Fsp3) is 0.0476. The van der Waals surface area contributed by atoms with Crippen molar-refractivity contribution in [1.82, 2.24) is 9.97 Å². The van der Waals surface area contributed by atoms with E-state index >= 15 is 0 Å². The molecule has 0 bridgehead atoms. The third-order valence-corrected chi connectivity index (χ3v) is 4.86. The summed E-state index contributed by atoms with van der Waals surface area (Å²) in [6.45, 7) is 0. The lowest BCUT2D eigenvalue weighted by Crippen LogP contribution is -2.26. The number of phenolic OH excluding ortho intramolecular Hbond substituents is 1. The highest BCUT2D eigenvalue weighted by Gasteiger charge is 2.44. The molecule has 4 heteroatoms. The van der Waals surface area contributed by atoms with Crippen molar-refractivity contribution in [1.29, 1.82) is 0 Å². The van der Waals surface area contributed by atoms with Gasteiger partial charge in [0.15, 0.2) is 0 Å². The summed E-state index contributed by atoms with van der Waals surface area (Å²) in [7, 11) is 0. The van der Waals surface area contributed by atoms with Crippen molar-refractivity contribution in [3.8, 4) is 17.1 Å². The lowest BCUT2D eigenvalue weighted by Gasteiger charge is -2.26. The van der Waals surface area contributed by atoms with Gasteiger partial charge in [-0.25, -0.2) is 0 Å². The van der Waals surface area contributed by atoms with Gasteiger partial charge >= 0.3 is 0 Å². The number of rotatable bonds is 1. The van der Waals surface area contributed by atoms with Crippen LogP contribution in [0.4, 0.5) is 0 Å². The lowest BCUT2D eigenvalue weighted by molar-refractivity contribution is 0.130. The minimum absolute atomic E-state index is 0.226. The van der Waals surface area contributed by atoms with Crippen LogP contribution in [-0.2, 0) is 5.60 Å².